The molecule has 0 saturated carbocycles. The fourth-order valence-electron chi connectivity index (χ4n) is 0. The van der Waals surface area contributed by atoms with Gasteiger partial charge in [0.2, 0.25) is 0 Å². The van der Waals surface area contributed by atoms with Crippen LogP contribution in [0.5, 0.6) is 0 Å². The van der Waals surface area contributed by atoms with Gasteiger partial charge in [-0.2, -0.15) is 0 Å². The van der Waals surface area contributed by atoms with Gasteiger partial charge in [0, 0.05) is 13.1 Å². The summed E-state index contributed by atoms with van der Waals surface area (Å²) in [6.45, 7) is 1.19. The first-order valence-electron chi connectivity index (χ1n) is 1.98. The second kappa shape index (κ2) is 9.62. The molecule has 0 aliphatic heterocycles. The van der Waals surface area contributed by atoms with Crippen molar-refractivity contribution < 1.29 is 47.6 Å². The third-order valence-corrected chi connectivity index (χ3v) is 0.167. The van der Waals surface area contributed by atoms with Crippen LogP contribution in [-0.2, 0) is 40.0 Å². The zero-order valence-corrected chi connectivity index (χ0v) is 8.85. The SMILES string of the molecule is NCCN.[Ni+2].[O]=[W](=[O])([O-])[O-]. The summed E-state index contributed by atoms with van der Waals surface area (Å²) in [5.41, 5.74) is 9.81. The Bertz CT molecular complexity index is 124. The fourth-order valence-corrected chi connectivity index (χ4v) is 0. The molecule has 0 rings (SSSR count). The fraction of sp³-hybridized carbons (Fsp3) is 1.00. The zero-order chi connectivity index (χ0) is 7.91. The first kappa shape index (κ1) is 16.9. The quantitative estimate of drug-likeness (QED) is 0.459. The Morgan fingerprint density at radius 3 is 1.20 bits per heavy atom. The maximum absolute atomic E-state index is 8.65. The van der Waals surface area contributed by atoms with Gasteiger partial charge in [-0.1, -0.05) is 0 Å². The van der Waals surface area contributed by atoms with E-state index in [0.717, 1.165) is 0 Å². The molecule has 0 amide bonds. The number of rotatable bonds is 1. The second-order valence-corrected chi connectivity index (χ2v) is 3.92. The molecule has 0 aliphatic carbocycles. The van der Waals surface area contributed by atoms with Crippen LogP contribution >= 0.6 is 0 Å². The Kier molecular flexibility index (Phi) is 16.3. The molecule has 0 heterocycles. The molecule has 4 N–H and O–H groups in total. The van der Waals surface area contributed by atoms with E-state index in [2.05, 4.69) is 0 Å². The van der Waals surface area contributed by atoms with Crippen molar-refractivity contribution in [3.05, 3.63) is 0 Å². The molecule has 0 aromatic rings. The van der Waals surface area contributed by atoms with Gasteiger partial charge < -0.3 is 11.5 Å². The van der Waals surface area contributed by atoms with Crippen molar-refractivity contribution in [2.75, 3.05) is 13.1 Å². The van der Waals surface area contributed by atoms with Crippen LogP contribution in [0.4, 0.5) is 0 Å². The van der Waals surface area contributed by atoms with Gasteiger partial charge in [-0.15, -0.1) is 0 Å². The van der Waals surface area contributed by atoms with Crippen molar-refractivity contribution in [1.82, 2.24) is 0 Å². The molecule has 10 heavy (non-hydrogen) atoms. The van der Waals surface area contributed by atoms with E-state index >= 15 is 0 Å². The molecular weight excluding hydrogens is 359 g/mol. The molecule has 0 aliphatic rings. The molecule has 0 aromatic carbocycles. The van der Waals surface area contributed by atoms with Gasteiger partial charge in [-0.05, 0) is 0 Å². The molecule has 0 atom stereocenters. The average molecular weight is 367 g/mol. The zero-order valence-electron chi connectivity index (χ0n) is 4.93. The van der Waals surface area contributed by atoms with E-state index in [-0.39, 0.29) is 16.5 Å². The minimum absolute atomic E-state index is 0. The van der Waals surface area contributed by atoms with Crippen LogP contribution in [0.3, 0.4) is 0 Å². The summed E-state index contributed by atoms with van der Waals surface area (Å²) < 4.78 is 34.6. The van der Waals surface area contributed by atoms with E-state index < -0.39 is 16.7 Å². The normalized spacial score (nSPS) is 8.80. The van der Waals surface area contributed by atoms with E-state index in [1.54, 1.807) is 0 Å². The monoisotopic (exact) mass is 366 g/mol. The van der Waals surface area contributed by atoms with E-state index in [1.807, 2.05) is 0 Å². The standard InChI is InChI=1S/C2H8N2.Ni.4O.W/c3-1-2-4;;;;;;/h1-4H2;;;;;;/q;+2;;;2*-1;. The van der Waals surface area contributed by atoms with Crippen molar-refractivity contribution >= 4 is 0 Å². The van der Waals surface area contributed by atoms with Crippen LogP contribution in [0, 0.1) is 0 Å². The summed E-state index contributed by atoms with van der Waals surface area (Å²) in [6.07, 6.45) is 0. The molecule has 8 heteroatoms. The van der Waals surface area contributed by atoms with Gasteiger partial charge in [0.1, 0.15) is 0 Å². The molecule has 0 spiro atoms. The van der Waals surface area contributed by atoms with Crippen LogP contribution in [0.2, 0.25) is 0 Å². The second-order valence-electron chi connectivity index (χ2n) is 0.986. The molecule has 0 bridgehead atoms. The van der Waals surface area contributed by atoms with Crippen molar-refractivity contribution in [3.63, 3.8) is 0 Å². The Labute approximate surface area is 72.2 Å². The van der Waals surface area contributed by atoms with E-state index in [0.29, 0.717) is 13.1 Å². The van der Waals surface area contributed by atoms with Crippen molar-refractivity contribution in [2.24, 2.45) is 11.5 Å². The summed E-state index contributed by atoms with van der Waals surface area (Å²) in [4.78, 5) is 0. The van der Waals surface area contributed by atoms with Crippen LogP contribution in [-0.4, -0.2) is 13.1 Å². The van der Waals surface area contributed by atoms with Gasteiger partial charge >= 0.3 is 47.6 Å². The van der Waals surface area contributed by atoms with Gasteiger partial charge in [-0.3, -0.25) is 0 Å². The van der Waals surface area contributed by atoms with E-state index in [1.165, 1.54) is 0 Å². The Morgan fingerprint density at radius 2 is 1.20 bits per heavy atom. The molecule has 6 nitrogen and oxygen atoms in total. The van der Waals surface area contributed by atoms with Gasteiger partial charge in [-0.25, -0.2) is 0 Å². The molecule has 0 unspecified atom stereocenters. The van der Waals surface area contributed by atoms with Crippen LogP contribution in [0.25, 0.3) is 0 Å². The Morgan fingerprint density at radius 1 is 1.10 bits per heavy atom. The molecule has 0 fully saturated rings. The minimum atomic E-state index is -6.17. The summed E-state index contributed by atoms with van der Waals surface area (Å²) in [5.74, 6) is 0. The first-order valence-corrected chi connectivity index (χ1v) is 6.77. The van der Waals surface area contributed by atoms with Crippen LogP contribution in [0.1, 0.15) is 0 Å². The van der Waals surface area contributed by atoms with E-state index in [4.69, 9.17) is 25.8 Å². The Balaban J connectivity index is -0.0000000910. The Hall–Kier alpha value is 0.622. The van der Waals surface area contributed by atoms with Gasteiger partial charge in [0.15, 0.2) is 0 Å². The van der Waals surface area contributed by atoms with Gasteiger partial charge in [0.25, 0.3) is 0 Å². The van der Waals surface area contributed by atoms with Gasteiger partial charge in [0.05, 0.1) is 0 Å². The topological polar surface area (TPSA) is 132 Å². The predicted octanol–water partition coefficient (Wildman–Crippen LogP) is -3.72. The van der Waals surface area contributed by atoms with Crippen LogP contribution < -0.4 is 19.0 Å². The number of hydrogen-bond donors (Lipinski definition) is 2. The third-order valence-electron chi connectivity index (χ3n) is 0.167. The molecule has 0 saturated heterocycles. The summed E-state index contributed by atoms with van der Waals surface area (Å²) in [6, 6.07) is 0. The van der Waals surface area contributed by atoms with Crippen LogP contribution in [0.15, 0.2) is 0 Å². The average Bonchev–Trinajstić information content (AvgIpc) is 1.61. The molecule has 0 radical (unpaired) electrons. The summed E-state index contributed by atoms with van der Waals surface area (Å²) in [7, 11) is 0. The van der Waals surface area contributed by atoms with Crippen molar-refractivity contribution in [3.8, 4) is 0 Å². The summed E-state index contributed by atoms with van der Waals surface area (Å²) >= 11 is -6.17. The molecule has 66 valence electrons. The number of hydrogen-bond acceptors (Lipinski definition) is 6. The first-order chi connectivity index (χ1) is 3.91. The maximum atomic E-state index is 8.65. The predicted molar refractivity (Wildman–Crippen MR) is 19.5 cm³/mol. The van der Waals surface area contributed by atoms with Crippen molar-refractivity contribution in [2.45, 2.75) is 0 Å². The van der Waals surface area contributed by atoms with Crippen molar-refractivity contribution in [1.29, 1.82) is 0 Å². The number of nitrogens with two attached hydrogens (primary N) is 2. The molecular formula is C2H8N2NiO4W. The molecule has 0 aromatic heterocycles. The van der Waals surface area contributed by atoms with E-state index in [9.17, 15) is 0 Å². The third kappa shape index (κ3) is 190. The summed E-state index contributed by atoms with van der Waals surface area (Å²) in [5, 5.41) is 0.